The van der Waals surface area contributed by atoms with Gasteiger partial charge in [-0.25, -0.2) is 0 Å². The molecule has 108 valence electrons. The lowest BCUT2D eigenvalue weighted by Crippen LogP contribution is -2.38. The fourth-order valence-electron chi connectivity index (χ4n) is 1.83. The molecule has 6 heteroatoms. The molecule has 2 atom stereocenters. The van der Waals surface area contributed by atoms with Crippen LogP contribution in [0, 0.1) is 0 Å². The third kappa shape index (κ3) is 2.72. The average molecular weight is 278 g/mol. The Morgan fingerprint density at radius 2 is 1.95 bits per heavy atom. The number of benzene rings is 1. The summed E-state index contributed by atoms with van der Waals surface area (Å²) in [5.74, 6) is 0.758. The predicted molar refractivity (Wildman–Crippen MR) is 72.2 cm³/mol. The summed E-state index contributed by atoms with van der Waals surface area (Å²) in [7, 11) is 3.06. The van der Waals surface area contributed by atoms with Crippen molar-refractivity contribution in [2.75, 3.05) is 20.8 Å². The van der Waals surface area contributed by atoms with Gasteiger partial charge in [-0.05, 0) is 19.1 Å². The van der Waals surface area contributed by atoms with Crippen LogP contribution in [0.3, 0.4) is 0 Å². The first kappa shape index (κ1) is 14.6. The molecule has 1 aliphatic rings. The number of methoxy groups -OCH3 is 2. The third-order valence-electron chi connectivity index (χ3n) is 2.96. The van der Waals surface area contributed by atoms with Crippen molar-refractivity contribution in [1.29, 1.82) is 0 Å². The highest BCUT2D eigenvalue weighted by atomic mass is 16.9. The summed E-state index contributed by atoms with van der Waals surface area (Å²) in [6, 6.07) is 7.38. The number of azo groups is 1. The molecule has 0 saturated carbocycles. The van der Waals surface area contributed by atoms with E-state index in [0.717, 1.165) is 11.3 Å². The van der Waals surface area contributed by atoms with E-state index in [1.807, 2.05) is 24.3 Å². The van der Waals surface area contributed by atoms with Gasteiger partial charge in [0.2, 0.25) is 5.72 Å². The van der Waals surface area contributed by atoms with Gasteiger partial charge in [-0.3, -0.25) is 4.74 Å². The van der Waals surface area contributed by atoms with Crippen LogP contribution in [0.5, 0.6) is 5.75 Å². The Morgan fingerprint density at radius 1 is 1.25 bits per heavy atom. The van der Waals surface area contributed by atoms with Crippen LogP contribution in [-0.4, -0.2) is 26.9 Å². The van der Waals surface area contributed by atoms with Gasteiger partial charge in [0.25, 0.3) is 0 Å². The van der Waals surface area contributed by atoms with Crippen molar-refractivity contribution in [3.63, 3.8) is 0 Å². The first-order valence-corrected chi connectivity index (χ1v) is 6.16. The van der Waals surface area contributed by atoms with E-state index in [1.165, 1.54) is 7.11 Å². The lowest BCUT2D eigenvalue weighted by atomic mass is 10.1. The molecule has 0 radical (unpaired) electrons. The van der Waals surface area contributed by atoms with E-state index in [1.54, 1.807) is 20.1 Å². The van der Waals surface area contributed by atoms with Crippen molar-refractivity contribution in [1.82, 2.24) is 0 Å². The van der Waals surface area contributed by atoms with Crippen LogP contribution in [0.1, 0.15) is 12.5 Å². The summed E-state index contributed by atoms with van der Waals surface area (Å²) in [6.07, 6.45) is 0.0611. The Hall–Kier alpha value is -1.76. The number of hydrogen-bond donors (Lipinski definition) is 0. The summed E-state index contributed by atoms with van der Waals surface area (Å²) >= 11 is 0. The first-order valence-electron chi connectivity index (χ1n) is 6.16. The summed E-state index contributed by atoms with van der Waals surface area (Å²) in [4.78, 5) is 0. The van der Waals surface area contributed by atoms with Gasteiger partial charge in [0.15, 0.2) is 0 Å². The second-order valence-electron chi connectivity index (χ2n) is 4.34. The van der Waals surface area contributed by atoms with Crippen molar-refractivity contribution < 1.29 is 18.9 Å². The minimum absolute atomic E-state index is 0.242. The zero-order valence-corrected chi connectivity index (χ0v) is 11.8. The Balaban J connectivity index is 2.20. The van der Waals surface area contributed by atoms with Gasteiger partial charge in [-0.2, -0.15) is 0 Å². The summed E-state index contributed by atoms with van der Waals surface area (Å²) in [5, 5.41) is 8.12. The minimum atomic E-state index is -1.52. The fourth-order valence-corrected chi connectivity index (χ4v) is 1.83. The Kier molecular flexibility index (Phi) is 4.17. The molecular formula is C14H18N2O4. The molecule has 1 aromatic carbocycles. The molecule has 0 aliphatic carbocycles. The second kappa shape index (κ2) is 5.70. The number of nitrogens with zero attached hydrogens (tertiary/aromatic N) is 2. The molecule has 2 rings (SSSR count). The van der Waals surface area contributed by atoms with E-state index in [2.05, 4.69) is 16.8 Å². The van der Waals surface area contributed by atoms with E-state index in [9.17, 15) is 0 Å². The Morgan fingerprint density at radius 3 is 2.50 bits per heavy atom. The molecule has 6 nitrogen and oxygen atoms in total. The maximum atomic E-state index is 5.78. The molecule has 0 bridgehead atoms. The van der Waals surface area contributed by atoms with Crippen LogP contribution in [-0.2, 0) is 19.9 Å². The molecule has 1 aliphatic heterocycles. The number of rotatable bonds is 6. The lowest BCUT2D eigenvalue weighted by molar-refractivity contribution is -0.377. The molecular weight excluding hydrogens is 260 g/mol. The monoisotopic (exact) mass is 278 g/mol. The van der Waals surface area contributed by atoms with Gasteiger partial charge >= 0.3 is 6.10 Å². The molecule has 0 aromatic heterocycles. The number of ether oxygens (including phenoxy) is 4. The van der Waals surface area contributed by atoms with E-state index in [-0.39, 0.29) is 6.61 Å². The topological polar surface area (TPSA) is 61.6 Å². The molecule has 0 saturated heterocycles. The molecule has 1 aromatic rings. The zero-order valence-electron chi connectivity index (χ0n) is 11.8. The standard InChI is InChI=1S/C14H18N2O4/c1-5-10-19-14(18-4)16-15-13(2,20-14)11-6-8-12(17-3)9-7-11/h5-9H,1,10H2,2-4H3. The molecule has 1 heterocycles. The maximum absolute atomic E-state index is 5.78. The Bertz CT molecular complexity index is 502. The van der Waals surface area contributed by atoms with Crippen molar-refractivity contribution >= 4 is 0 Å². The molecule has 20 heavy (non-hydrogen) atoms. The van der Waals surface area contributed by atoms with Crippen LogP contribution in [0.4, 0.5) is 0 Å². The van der Waals surface area contributed by atoms with Gasteiger partial charge < -0.3 is 14.2 Å². The second-order valence-corrected chi connectivity index (χ2v) is 4.34. The largest absolute Gasteiger partial charge is 0.497 e. The highest BCUT2D eigenvalue weighted by Crippen LogP contribution is 2.40. The highest BCUT2D eigenvalue weighted by Gasteiger charge is 2.48. The van der Waals surface area contributed by atoms with E-state index in [4.69, 9.17) is 18.9 Å². The maximum Gasteiger partial charge on any atom is 0.415 e. The van der Waals surface area contributed by atoms with Crippen LogP contribution in [0.15, 0.2) is 47.1 Å². The van der Waals surface area contributed by atoms with Gasteiger partial charge in [0.05, 0.1) is 13.7 Å². The first-order chi connectivity index (χ1) is 9.57. The normalized spacial score (nSPS) is 28.6. The molecule has 2 unspecified atom stereocenters. The molecule has 0 N–H and O–H groups in total. The Labute approximate surface area is 118 Å². The summed E-state index contributed by atoms with van der Waals surface area (Å²) in [6.45, 7) is 5.61. The van der Waals surface area contributed by atoms with Crippen molar-refractivity contribution in [3.8, 4) is 5.75 Å². The molecule has 0 fully saturated rings. The van der Waals surface area contributed by atoms with Crippen molar-refractivity contribution in [2.24, 2.45) is 10.2 Å². The predicted octanol–water partition coefficient (Wildman–Crippen LogP) is 2.81. The minimum Gasteiger partial charge on any atom is -0.497 e. The molecule has 0 amide bonds. The van der Waals surface area contributed by atoms with Crippen LogP contribution < -0.4 is 4.74 Å². The van der Waals surface area contributed by atoms with Crippen LogP contribution in [0.25, 0.3) is 0 Å². The average Bonchev–Trinajstić information content (AvgIpc) is 2.85. The van der Waals surface area contributed by atoms with Crippen molar-refractivity contribution in [3.05, 3.63) is 42.5 Å². The van der Waals surface area contributed by atoms with E-state index in [0.29, 0.717) is 0 Å². The summed E-state index contributed by atoms with van der Waals surface area (Å²) in [5.41, 5.74) is -0.146. The van der Waals surface area contributed by atoms with Crippen molar-refractivity contribution in [2.45, 2.75) is 18.7 Å². The SMILES string of the molecule is C=CCOC1(OC)N=NC(C)(c2ccc(OC)cc2)O1. The van der Waals surface area contributed by atoms with Crippen LogP contribution in [0.2, 0.25) is 0 Å². The van der Waals surface area contributed by atoms with E-state index >= 15 is 0 Å². The summed E-state index contributed by atoms with van der Waals surface area (Å²) < 4.78 is 21.5. The fraction of sp³-hybridized carbons (Fsp3) is 0.429. The van der Waals surface area contributed by atoms with Gasteiger partial charge in [-0.1, -0.05) is 23.3 Å². The quantitative estimate of drug-likeness (QED) is 0.593. The number of hydrogen-bond acceptors (Lipinski definition) is 6. The van der Waals surface area contributed by atoms with Gasteiger partial charge in [0, 0.05) is 12.7 Å². The molecule has 0 spiro atoms. The third-order valence-corrected chi connectivity index (χ3v) is 2.96. The highest BCUT2D eigenvalue weighted by molar-refractivity contribution is 5.30. The zero-order chi connectivity index (χ0) is 14.6. The van der Waals surface area contributed by atoms with Gasteiger partial charge in [-0.15, -0.1) is 11.7 Å². The lowest BCUT2D eigenvalue weighted by Gasteiger charge is -2.27. The smallest absolute Gasteiger partial charge is 0.415 e. The van der Waals surface area contributed by atoms with Crippen LogP contribution >= 0.6 is 0 Å². The van der Waals surface area contributed by atoms with Gasteiger partial charge in [0.1, 0.15) is 5.75 Å². The van der Waals surface area contributed by atoms with E-state index < -0.39 is 11.8 Å².